The number of amides is 3. The summed E-state index contributed by atoms with van der Waals surface area (Å²) in [4.78, 5) is 33.3. The lowest BCUT2D eigenvalue weighted by Crippen LogP contribution is -2.52. The number of nitrogens with zero attached hydrogens (tertiary/aromatic N) is 3. The molecule has 1 aromatic heterocycles. The maximum Gasteiger partial charge on any atom is 0.410 e. The van der Waals surface area contributed by atoms with E-state index in [2.05, 4.69) is 5.32 Å². The number of likely N-dealkylation sites (tertiary alicyclic amines) is 1. The fourth-order valence-electron chi connectivity index (χ4n) is 5.02. The molecule has 0 bridgehead atoms. The van der Waals surface area contributed by atoms with E-state index in [0.717, 1.165) is 54.1 Å². The van der Waals surface area contributed by atoms with Gasteiger partial charge in [0.25, 0.3) is 0 Å². The maximum atomic E-state index is 12.4. The molecule has 2 aromatic rings. The number of nitrogens with one attached hydrogen (secondary N) is 1. The number of aryl methyl sites for hydroxylation is 1. The third-order valence-electron chi connectivity index (χ3n) is 7.13. The fraction of sp³-hybridized carbons (Fsp3) is 0.567. The summed E-state index contributed by atoms with van der Waals surface area (Å²) >= 11 is 0. The van der Waals surface area contributed by atoms with E-state index in [4.69, 9.17) is 19.2 Å². The van der Waals surface area contributed by atoms with Crippen molar-refractivity contribution in [2.24, 2.45) is 0 Å². The second kappa shape index (κ2) is 13.6. The molecular weight excluding hydrogens is 528 g/mol. The first-order valence-corrected chi connectivity index (χ1v) is 14.1. The van der Waals surface area contributed by atoms with Crippen LogP contribution in [0.15, 0.2) is 36.4 Å². The number of rotatable bonds is 2. The van der Waals surface area contributed by atoms with Crippen LogP contribution in [0, 0.1) is 0 Å². The Balaban J connectivity index is 0.00000144. The van der Waals surface area contributed by atoms with Crippen LogP contribution in [0.3, 0.4) is 0 Å². The molecule has 10 heteroatoms. The third kappa shape index (κ3) is 7.81. The first-order valence-electron chi connectivity index (χ1n) is 14.1. The van der Waals surface area contributed by atoms with Gasteiger partial charge in [0.15, 0.2) is 0 Å². The van der Waals surface area contributed by atoms with Gasteiger partial charge in [-0.3, -0.25) is 0 Å². The summed E-state index contributed by atoms with van der Waals surface area (Å²) in [6.45, 7) is 13.3. The number of hydrogen-bond donors (Lipinski definition) is 1. The van der Waals surface area contributed by atoms with Crippen LogP contribution in [0.2, 0.25) is 0 Å². The van der Waals surface area contributed by atoms with Gasteiger partial charge in [0, 0.05) is 50.3 Å². The van der Waals surface area contributed by atoms with Crippen LogP contribution in [0.25, 0.3) is 11.3 Å². The normalized spacial score (nSPS) is 17.8. The van der Waals surface area contributed by atoms with Gasteiger partial charge in [-0.2, -0.15) is 13.5 Å². The molecule has 0 aliphatic carbocycles. The summed E-state index contributed by atoms with van der Waals surface area (Å²) in [5.41, 5.74) is 2.83. The number of ether oxygens (including phenoxy) is 3. The van der Waals surface area contributed by atoms with Crippen LogP contribution in [0.5, 0.6) is 5.75 Å². The Bertz CT molecular complexity index is 1140. The second-order valence-electron chi connectivity index (χ2n) is 11.0. The Hall–Kier alpha value is -2.98. The van der Waals surface area contributed by atoms with E-state index in [1.807, 2.05) is 71.0 Å². The molecule has 1 N–H and O–H groups in total. The highest BCUT2D eigenvalue weighted by molar-refractivity contribution is 7.59. The summed E-state index contributed by atoms with van der Waals surface area (Å²) in [7, 11) is 0. The number of carbonyl (C=O) groups excluding carboxylic acids is 2. The summed E-state index contributed by atoms with van der Waals surface area (Å²) in [5, 5.41) is 2.95. The van der Waals surface area contributed by atoms with E-state index < -0.39 is 5.60 Å². The number of aromatic nitrogens is 1. The summed E-state index contributed by atoms with van der Waals surface area (Å²) in [6.07, 6.45) is 3.03. The Morgan fingerprint density at radius 1 is 0.925 bits per heavy atom. The minimum Gasteiger partial charge on any atom is -0.485 e. The van der Waals surface area contributed by atoms with Crippen molar-refractivity contribution in [3.8, 4) is 17.0 Å². The predicted octanol–water partition coefficient (Wildman–Crippen LogP) is 5.85. The van der Waals surface area contributed by atoms with Crippen molar-refractivity contribution in [1.29, 1.82) is 0 Å². The first kappa shape index (κ1) is 31.5. The van der Waals surface area contributed by atoms with Gasteiger partial charge in [0.05, 0.1) is 24.6 Å². The van der Waals surface area contributed by atoms with E-state index >= 15 is 0 Å². The molecule has 2 fully saturated rings. The lowest BCUT2D eigenvalue weighted by Gasteiger charge is -2.44. The van der Waals surface area contributed by atoms with Crippen molar-refractivity contribution in [1.82, 2.24) is 14.8 Å². The predicted molar refractivity (Wildman–Crippen MR) is 162 cm³/mol. The number of anilines is 1. The maximum absolute atomic E-state index is 12.4. The Labute approximate surface area is 245 Å². The third-order valence-corrected chi connectivity index (χ3v) is 7.13. The van der Waals surface area contributed by atoms with Crippen molar-refractivity contribution >= 4 is 31.3 Å². The van der Waals surface area contributed by atoms with Gasteiger partial charge in [-0.05, 0) is 57.9 Å². The topological polar surface area (TPSA) is 93.2 Å². The average Bonchev–Trinajstić information content (AvgIpc) is 2.94. The van der Waals surface area contributed by atoms with E-state index in [0.29, 0.717) is 39.4 Å². The van der Waals surface area contributed by atoms with Crippen LogP contribution in [-0.2, 0) is 15.9 Å². The number of hydrogen-bond acceptors (Lipinski definition) is 6. The Morgan fingerprint density at radius 2 is 1.57 bits per heavy atom. The monoisotopic (exact) mass is 572 g/mol. The zero-order chi connectivity index (χ0) is 28.0. The Kier molecular flexibility index (Phi) is 10.7. The molecule has 3 amide bonds. The highest BCUT2D eigenvalue weighted by atomic mass is 32.1. The number of piperidine rings is 1. The lowest BCUT2D eigenvalue weighted by atomic mass is 9.84. The smallest absolute Gasteiger partial charge is 0.410 e. The molecule has 0 radical (unpaired) electrons. The number of pyridine rings is 1. The van der Waals surface area contributed by atoms with Gasteiger partial charge < -0.3 is 29.3 Å². The van der Waals surface area contributed by atoms with Gasteiger partial charge in [0.1, 0.15) is 17.0 Å². The molecule has 5 rings (SSSR count). The largest absolute Gasteiger partial charge is 0.485 e. The molecule has 9 nitrogen and oxygen atoms in total. The molecule has 2 saturated heterocycles. The molecule has 3 aliphatic rings. The lowest BCUT2D eigenvalue weighted by molar-refractivity contribution is -0.0278. The number of morpholine rings is 1. The zero-order valence-electron chi connectivity index (χ0n) is 24.4. The summed E-state index contributed by atoms with van der Waals surface area (Å²) < 4.78 is 17.3. The molecule has 0 saturated carbocycles. The van der Waals surface area contributed by atoms with Crippen molar-refractivity contribution in [2.75, 3.05) is 44.7 Å². The van der Waals surface area contributed by atoms with E-state index in [1.54, 1.807) is 9.80 Å². The molecule has 0 unspecified atom stereocenters. The molecule has 3 aliphatic heterocycles. The second-order valence-corrected chi connectivity index (χ2v) is 11.0. The first-order chi connectivity index (χ1) is 18.7. The van der Waals surface area contributed by atoms with Crippen molar-refractivity contribution in [3.05, 3.63) is 42.1 Å². The van der Waals surface area contributed by atoms with Gasteiger partial charge in [-0.25, -0.2) is 14.6 Å². The molecule has 40 heavy (non-hydrogen) atoms. The molecule has 0 atom stereocenters. The number of urea groups is 1. The fourth-order valence-corrected chi connectivity index (χ4v) is 5.02. The van der Waals surface area contributed by atoms with Crippen LogP contribution in [-0.4, -0.2) is 77.5 Å². The van der Waals surface area contributed by atoms with Crippen molar-refractivity contribution in [2.45, 2.75) is 71.5 Å². The summed E-state index contributed by atoms with van der Waals surface area (Å²) in [6, 6.07) is 11.6. The van der Waals surface area contributed by atoms with Crippen molar-refractivity contribution < 1.29 is 23.8 Å². The number of benzene rings is 1. The van der Waals surface area contributed by atoms with E-state index in [1.165, 1.54) is 0 Å². The minimum absolute atomic E-state index is 0. The average molecular weight is 573 g/mol. The van der Waals surface area contributed by atoms with Crippen molar-refractivity contribution in [3.63, 3.8) is 0 Å². The number of fused-ring (bicyclic) bond motifs is 1. The molecule has 1 aromatic carbocycles. The van der Waals surface area contributed by atoms with Gasteiger partial charge in [0.2, 0.25) is 0 Å². The minimum atomic E-state index is -0.493. The van der Waals surface area contributed by atoms with Gasteiger partial charge >= 0.3 is 12.1 Å². The highest BCUT2D eigenvalue weighted by Crippen LogP contribution is 2.39. The zero-order valence-corrected chi connectivity index (χ0v) is 25.4. The van der Waals surface area contributed by atoms with E-state index in [9.17, 15) is 9.59 Å². The molecule has 220 valence electrons. The Morgan fingerprint density at radius 3 is 2.20 bits per heavy atom. The van der Waals surface area contributed by atoms with E-state index in [-0.39, 0.29) is 31.2 Å². The molecule has 4 heterocycles. The van der Waals surface area contributed by atoms with Crippen LogP contribution < -0.4 is 10.1 Å². The number of carbonyl (C=O) groups is 2. The van der Waals surface area contributed by atoms with Gasteiger partial charge in [-0.15, -0.1) is 0 Å². The SMILES string of the molecule is CC.CC(C)(C)OC(=O)N1CCC2(CCc3nc(-c4ccc(NC(=O)N5CCOCC5)cc4)ccc3O2)CC1.S. The van der Waals surface area contributed by atoms with Crippen LogP contribution in [0.1, 0.15) is 59.6 Å². The summed E-state index contributed by atoms with van der Waals surface area (Å²) in [5.74, 6) is 0.829. The quantitative estimate of drug-likeness (QED) is 0.486. The van der Waals surface area contributed by atoms with Crippen LogP contribution in [0.4, 0.5) is 15.3 Å². The van der Waals surface area contributed by atoms with Gasteiger partial charge in [-0.1, -0.05) is 26.0 Å². The molecule has 1 spiro atoms. The van der Waals surface area contributed by atoms with Crippen LogP contribution >= 0.6 is 13.5 Å². The highest BCUT2D eigenvalue weighted by Gasteiger charge is 2.41. The molecular formula is C30H44N4O5S. The standard InChI is InChI=1S/C28H36N4O5.C2H6.H2S/c1-27(2,3)37-26(34)32-14-12-28(13-15-32)11-10-23-24(36-28)9-8-22(30-23)20-4-6-21(7-5-20)29-25(33)31-16-18-35-19-17-31;1-2;/h4-9H,10-19H2,1-3H3,(H,29,33);1-2H3;1H2.